The van der Waals surface area contributed by atoms with Gasteiger partial charge in [-0.2, -0.15) is 0 Å². The molecule has 0 radical (unpaired) electrons. The Morgan fingerprint density at radius 3 is 2.17 bits per heavy atom. The number of halogens is 1. The van der Waals surface area contributed by atoms with Crippen LogP contribution < -0.4 is 15.2 Å². The molecule has 0 aliphatic heterocycles. The summed E-state index contributed by atoms with van der Waals surface area (Å²) >= 11 is 0. The molecule has 0 unspecified atom stereocenters. The lowest BCUT2D eigenvalue weighted by atomic mass is 9.93. The highest BCUT2D eigenvalue weighted by Gasteiger charge is 2.23. The minimum absolute atomic E-state index is 0. The van der Waals surface area contributed by atoms with E-state index in [1.165, 1.54) is 12.1 Å². The molecule has 1 aliphatic carbocycles. The fourth-order valence-electron chi connectivity index (χ4n) is 2.54. The standard InChI is InChI=1S/C14H23N3O4S2.ClH/c15-12-6-8-13(9-7-12)17-22(18,19)11-10-16-23(20,21)14-4-2-1-3-5-14;/h1-5,12-13,16-17H,6-11,15H2;1H. The number of hydrogen-bond acceptors (Lipinski definition) is 5. The monoisotopic (exact) mass is 397 g/mol. The summed E-state index contributed by atoms with van der Waals surface area (Å²) in [6, 6.07) is 7.89. The van der Waals surface area contributed by atoms with Crippen LogP contribution in [-0.4, -0.2) is 41.2 Å². The molecule has 2 rings (SSSR count). The second kappa shape index (κ2) is 9.12. The van der Waals surface area contributed by atoms with Gasteiger partial charge in [-0.3, -0.25) is 0 Å². The van der Waals surface area contributed by atoms with E-state index < -0.39 is 20.0 Å². The molecule has 7 nitrogen and oxygen atoms in total. The van der Waals surface area contributed by atoms with Gasteiger partial charge in [-0.15, -0.1) is 12.4 Å². The molecule has 0 heterocycles. The molecular weight excluding hydrogens is 374 g/mol. The van der Waals surface area contributed by atoms with Crippen molar-refractivity contribution in [1.82, 2.24) is 9.44 Å². The number of sulfonamides is 2. The molecule has 1 fully saturated rings. The van der Waals surface area contributed by atoms with Gasteiger partial charge >= 0.3 is 0 Å². The molecule has 0 atom stereocenters. The van der Waals surface area contributed by atoms with Crippen molar-refractivity contribution in [3.8, 4) is 0 Å². The van der Waals surface area contributed by atoms with Gasteiger partial charge in [-0.1, -0.05) is 18.2 Å². The minimum atomic E-state index is -3.68. The summed E-state index contributed by atoms with van der Waals surface area (Å²) in [5.74, 6) is -0.290. The molecule has 0 aromatic heterocycles. The zero-order valence-corrected chi connectivity index (χ0v) is 15.7. The molecule has 1 aliphatic rings. The first kappa shape index (κ1) is 21.3. The van der Waals surface area contributed by atoms with Crippen molar-refractivity contribution in [2.75, 3.05) is 12.3 Å². The van der Waals surface area contributed by atoms with Crippen LogP contribution in [0, 0.1) is 0 Å². The Morgan fingerprint density at radius 2 is 1.58 bits per heavy atom. The normalized spacial score (nSPS) is 21.9. The van der Waals surface area contributed by atoms with E-state index >= 15 is 0 Å². The average molecular weight is 398 g/mol. The van der Waals surface area contributed by atoms with Crippen LogP contribution in [0.1, 0.15) is 25.7 Å². The molecule has 1 aromatic carbocycles. The number of nitrogens with one attached hydrogen (secondary N) is 2. The second-order valence-corrected chi connectivity index (χ2v) is 9.40. The Hall–Kier alpha value is -0.710. The smallest absolute Gasteiger partial charge is 0.240 e. The van der Waals surface area contributed by atoms with Crippen LogP contribution in [-0.2, 0) is 20.0 Å². The second-order valence-electron chi connectivity index (χ2n) is 5.76. The van der Waals surface area contributed by atoms with E-state index in [1.807, 2.05) is 0 Å². The SMILES string of the molecule is Cl.NC1CCC(NS(=O)(=O)CCNS(=O)(=O)c2ccccc2)CC1. The van der Waals surface area contributed by atoms with Crippen molar-refractivity contribution in [1.29, 1.82) is 0 Å². The molecule has 0 spiro atoms. The van der Waals surface area contributed by atoms with Crippen LogP contribution in [0.2, 0.25) is 0 Å². The first-order valence-electron chi connectivity index (χ1n) is 7.59. The zero-order valence-electron chi connectivity index (χ0n) is 13.2. The molecule has 10 heteroatoms. The fraction of sp³-hybridized carbons (Fsp3) is 0.571. The Kier molecular flexibility index (Phi) is 8.10. The number of hydrogen-bond donors (Lipinski definition) is 3. The van der Waals surface area contributed by atoms with Crippen molar-refractivity contribution in [2.24, 2.45) is 5.73 Å². The van der Waals surface area contributed by atoms with Crippen molar-refractivity contribution < 1.29 is 16.8 Å². The predicted molar refractivity (Wildman–Crippen MR) is 96.0 cm³/mol. The Bertz CT molecular complexity index is 703. The lowest BCUT2D eigenvalue weighted by molar-refractivity contribution is 0.373. The highest BCUT2D eigenvalue weighted by atomic mass is 35.5. The van der Waals surface area contributed by atoms with Gasteiger partial charge < -0.3 is 5.73 Å². The third kappa shape index (κ3) is 6.66. The Morgan fingerprint density at radius 1 is 1.00 bits per heavy atom. The molecule has 24 heavy (non-hydrogen) atoms. The lowest BCUT2D eigenvalue weighted by Gasteiger charge is -2.26. The summed E-state index contributed by atoms with van der Waals surface area (Å²) in [6.45, 7) is -0.168. The van der Waals surface area contributed by atoms with Gasteiger partial charge in [0.1, 0.15) is 0 Å². The quantitative estimate of drug-likeness (QED) is 0.621. The fourth-order valence-corrected chi connectivity index (χ4v) is 4.96. The minimum Gasteiger partial charge on any atom is -0.328 e. The van der Waals surface area contributed by atoms with Crippen LogP contribution in [0.15, 0.2) is 35.2 Å². The summed E-state index contributed by atoms with van der Waals surface area (Å²) in [5, 5.41) is 0. The molecule has 4 N–H and O–H groups in total. The number of benzene rings is 1. The van der Waals surface area contributed by atoms with E-state index in [0.717, 1.165) is 25.7 Å². The van der Waals surface area contributed by atoms with E-state index in [9.17, 15) is 16.8 Å². The maximum atomic E-state index is 12.0. The average Bonchev–Trinajstić information content (AvgIpc) is 2.50. The van der Waals surface area contributed by atoms with Crippen LogP contribution in [0.3, 0.4) is 0 Å². The van der Waals surface area contributed by atoms with Crippen LogP contribution in [0.4, 0.5) is 0 Å². The zero-order chi connectivity index (χ0) is 16.9. The third-order valence-corrected chi connectivity index (χ3v) is 6.75. The molecule has 0 amide bonds. The van der Waals surface area contributed by atoms with E-state index in [4.69, 9.17) is 5.73 Å². The first-order chi connectivity index (χ1) is 10.8. The van der Waals surface area contributed by atoms with E-state index in [1.54, 1.807) is 18.2 Å². The highest BCUT2D eigenvalue weighted by Crippen LogP contribution is 2.17. The van der Waals surface area contributed by atoms with Gasteiger partial charge in [0.05, 0.1) is 10.6 Å². The number of nitrogens with two attached hydrogens (primary N) is 1. The van der Waals surface area contributed by atoms with Crippen LogP contribution in [0.25, 0.3) is 0 Å². The van der Waals surface area contributed by atoms with Gasteiger partial charge in [0.25, 0.3) is 0 Å². The van der Waals surface area contributed by atoms with Crippen molar-refractivity contribution in [3.63, 3.8) is 0 Å². The third-order valence-electron chi connectivity index (χ3n) is 3.83. The summed E-state index contributed by atoms with van der Waals surface area (Å²) in [4.78, 5) is 0.117. The summed E-state index contributed by atoms with van der Waals surface area (Å²) < 4.78 is 53.0. The lowest BCUT2D eigenvalue weighted by Crippen LogP contribution is -2.43. The predicted octanol–water partition coefficient (Wildman–Crippen LogP) is 0.576. The van der Waals surface area contributed by atoms with Gasteiger partial charge in [0.15, 0.2) is 0 Å². The summed E-state index contributed by atoms with van der Waals surface area (Å²) in [6.07, 6.45) is 3.04. The first-order valence-corrected chi connectivity index (χ1v) is 10.7. The van der Waals surface area contributed by atoms with Crippen molar-refractivity contribution in [2.45, 2.75) is 42.7 Å². The molecule has 1 saturated carbocycles. The molecule has 1 aromatic rings. The van der Waals surface area contributed by atoms with E-state index in [-0.39, 0.29) is 41.7 Å². The Balaban J connectivity index is 0.00000288. The van der Waals surface area contributed by atoms with E-state index in [2.05, 4.69) is 9.44 Å². The number of rotatable bonds is 7. The molecule has 0 bridgehead atoms. The molecule has 138 valence electrons. The maximum absolute atomic E-state index is 12.0. The molecular formula is C14H24ClN3O4S2. The summed E-state index contributed by atoms with van der Waals surface area (Å²) in [5.41, 5.74) is 5.79. The Labute approximate surface area is 149 Å². The van der Waals surface area contributed by atoms with Crippen molar-refractivity contribution >= 4 is 32.5 Å². The highest BCUT2D eigenvalue weighted by molar-refractivity contribution is 7.90. The topological polar surface area (TPSA) is 118 Å². The van der Waals surface area contributed by atoms with E-state index in [0.29, 0.717) is 0 Å². The van der Waals surface area contributed by atoms with Crippen molar-refractivity contribution in [3.05, 3.63) is 30.3 Å². The van der Waals surface area contributed by atoms with Gasteiger partial charge in [-0.25, -0.2) is 26.3 Å². The van der Waals surface area contributed by atoms with Gasteiger partial charge in [-0.05, 0) is 37.8 Å². The maximum Gasteiger partial charge on any atom is 0.240 e. The largest absolute Gasteiger partial charge is 0.328 e. The van der Waals surface area contributed by atoms with Gasteiger partial charge in [0, 0.05) is 18.6 Å². The molecule has 0 saturated heterocycles. The summed E-state index contributed by atoms with van der Waals surface area (Å²) in [7, 11) is -7.20. The van der Waals surface area contributed by atoms with Crippen LogP contribution >= 0.6 is 12.4 Å². The van der Waals surface area contributed by atoms with Gasteiger partial charge in [0.2, 0.25) is 20.0 Å². The van der Waals surface area contributed by atoms with Crippen LogP contribution in [0.5, 0.6) is 0 Å².